The number of hydrogen-bond acceptors (Lipinski definition) is 12. The third kappa shape index (κ3) is 7.40. The summed E-state index contributed by atoms with van der Waals surface area (Å²) in [4.78, 5) is 58.7. The normalized spacial score (nSPS) is 15.1. The SMILES string of the molecule is CCOC(=O)C1=C(C)NC(C(S)c2nc(COc3ccccc3)c(C(=O)OCC)[nH]2)=C(C(=O)OCC)C1c1cccc([N+](=O)[O-])c1. The number of ether oxygens (including phenoxy) is 4. The van der Waals surface area contributed by atoms with Gasteiger partial charge in [0.1, 0.15) is 29.1 Å². The molecule has 0 fully saturated rings. The highest BCUT2D eigenvalue weighted by atomic mass is 32.1. The van der Waals surface area contributed by atoms with E-state index >= 15 is 0 Å². The lowest BCUT2D eigenvalue weighted by atomic mass is 9.79. The number of thiol groups is 1. The van der Waals surface area contributed by atoms with Crippen LogP contribution in [0.15, 0.2) is 77.1 Å². The number of carbonyl (C=O) groups is 3. The zero-order valence-electron chi connectivity index (χ0n) is 25.7. The number of nitrogens with one attached hydrogen (secondary N) is 2. The summed E-state index contributed by atoms with van der Waals surface area (Å²) in [7, 11) is 0. The van der Waals surface area contributed by atoms with Crippen molar-refractivity contribution in [1.82, 2.24) is 15.3 Å². The second kappa shape index (κ2) is 15.3. The monoisotopic (exact) mass is 650 g/mol. The van der Waals surface area contributed by atoms with Crippen molar-refractivity contribution in [2.45, 2.75) is 45.5 Å². The van der Waals surface area contributed by atoms with Gasteiger partial charge in [0.2, 0.25) is 0 Å². The Kier molecular flexibility index (Phi) is 11.2. The van der Waals surface area contributed by atoms with Crippen LogP contribution < -0.4 is 10.1 Å². The van der Waals surface area contributed by atoms with E-state index in [1.54, 1.807) is 58.0 Å². The van der Waals surface area contributed by atoms with Crippen molar-refractivity contribution in [2.75, 3.05) is 19.8 Å². The molecule has 0 aliphatic carbocycles. The van der Waals surface area contributed by atoms with Crippen LogP contribution in [0, 0.1) is 10.1 Å². The van der Waals surface area contributed by atoms with E-state index in [0.29, 0.717) is 11.4 Å². The van der Waals surface area contributed by atoms with Gasteiger partial charge in [0.15, 0.2) is 5.69 Å². The van der Waals surface area contributed by atoms with E-state index in [1.807, 2.05) is 6.07 Å². The van der Waals surface area contributed by atoms with Gasteiger partial charge >= 0.3 is 17.9 Å². The number of nitro groups is 1. The lowest BCUT2D eigenvalue weighted by Gasteiger charge is -2.33. The van der Waals surface area contributed by atoms with Gasteiger partial charge in [0, 0.05) is 23.5 Å². The van der Waals surface area contributed by atoms with Gasteiger partial charge in [-0.2, -0.15) is 12.6 Å². The Morgan fingerprint density at radius 3 is 2.20 bits per heavy atom. The van der Waals surface area contributed by atoms with Crippen molar-refractivity contribution < 1.29 is 38.3 Å². The van der Waals surface area contributed by atoms with Crippen molar-refractivity contribution in [3.63, 3.8) is 0 Å². The zero-order chi connectivity index (χ0) is 33.4. The smallest absolute Gasteiger partial charge is 0.356 e. The minimum Gasteiger partial charge on any atom is -0.487 e. The molecule has 0 spiro atoms. The molecule has 0 radical (unpaired) electrons. The summed E-state index contributed by atoms with van der Waals surface area (Å²) in [6.45, 7) is 6.62. The highest BCUT2D eigenvalue weighted by molar-refractivity contribution is 7.80. The van der Waals surface area contributed by atoms with Crippen molar-refractivity contribution in [3.05, 3.63) is 110 Å². The molecule has 2 N–H and O–H groups in total. The third-order valence-corrected chi connectivity index (χ3v) is 7.43. The fourth-order valence-electron chi connectivity index (χ4n) is 4.98. The molecule has 4 rings (SSSR count). The number of para-hydroxylation sites is 1. The van der Waals surface area contributed by atoms with Crippen LogP contribution >= 0.6 is 12.6 Å². The van der Waals surface area contributed by atoms with Crippen LogP contribution in [0.3, 0.4) is 0 Å². The molecule has 2 unspecified atom stereocenters. The maximum absolute atomic E-state index is 13.7. The number of non-ortho nitro benzene ring substituents is 1. The quantitative estimate of drug-likeness (QED) is 0.0740. The molecular formula is C32H34N4O9S. The number of aromatic amines is 1. The van der Waals surface area contributed by atoms with Crippen LogP contribution in [0.2, 0.25) is 0 Å². The highest BCUT2D eigenvalue weighted by Crippen LogP contribution is 2.44. The van der Waals surface area contributed by atoms with Gasteiger partial charge in [-0.3, -0.25) is 10.1 Å². The lowest BCUT2D eigenvalue weighted by Crippen LogP contribution is -2.35. The molecule has 2 heterocycles. The van der Waals surface area contributed by atoms with Gasteiger partial charge < -0.3 is 29.2 Å². The summed E-state index contributed by atoms with van der Waals surface area (Å²) in [6, 6.07) is 14.6. The molecule has 0 bridgehead atoms. The minimum absolute atomic E-state index is 0.000671. The molecule has 14 heteroatoms. The average molecular weight is 651 g/mol. The molecule has 46 heavy (non-hydrogen) atoms. The first-order valence-electron chi connectivity index (χ1n) is 14.5. The van der Waals surface area contributed by atoms with E-state index in [2.05, 4.69) is 15.3 Å². The molecule has 13 nitrogen and oxygen atoms in total. The first-order valence-corrected chi connectivity index (χ1v) is 15.0. The van der Waals surface area contributed by atoms with Crippen LogP contribution in [-0.2, 0) is 30.4 Å². The second-order valence-electron chi connectivity index (χ2n) is 9.89. The van der Waals surface area contributed by atoms with Gasteiger partial charge in [0.25, 0.3) is 5.69 Å². The topological polar surface area (TPSA) is 172 Å². The number of nitrogens with zero attached hydrogens (tertiary/aromatic N) is 2. The molecule has 2 atom stereocenters. The first-order chi connectivity index (χ1) is 22.1. The Morgan fingerprint density at radius 2 is 1.57 bits per heavy atom. The van der Waals surface area contributed by atoms with E-state index in [0.717, 1.165) is 0 Å². The number of rotatable bonds is 13. The van der Waals surface area contributed by atoms with E-state index in [9.17, 15) is 24.5 Å². The molecule has 0 amide bonds. The molecule has 3 aromatic rings. The number of esters is 3. The number of allylic oxidation sites excluding steroid dienone is 1. The van der Waals surface area contributed by atoms with Gasteiger partial charge in [-0.05, 0) is 45.4 Å². The Bertz CT molecular complexity index is 1680. The number of nitro benzene ring substituents is 1. The van der Waals surface area contributed by atoms with Crippen LogP contribution in [-0.4, -0.2) is 52.6 Å². The predicted molar refractivity (Wildman–Crippen MR) is 169 cm³/mol. The summed E-state index contributed by atoms with van der Waals surface area (Å²) in [5.41, 5.74) is 0.853. The number of aromatic nitrogens is 2. The number of dihydropyridines is 1. The second-order valence-corrected chi connectivity index (χ2v) is 10.4. The van der Waals surface area contributed by atoms with Crippen LogP contribution in [0.5, 0.6) is 5.75 Å². The molecule has 1 aliphatic rings. The first kappa shape index (κ1) is 33.8. The number of imidazole rings is 1. The van der Waals surface area contributed by atoms with Crippen molar-refractivity contribution in [2.24, 2.45) is 0 Å². The maximum atomic E-state index is 13.7. The Balaban J connectivity index is 1.89. The zero-order valence-corrected chi connectivity index (χ0v) is 26.6. The van der Waals surface area contributed by atoms with Gasteiger partial charge in [-0.1, -0.05) is 30.3 Å². The van der Waals surface area contributed by atoms with E-state index < -0.39 is 34.0 Å². The molecule has 2 aromatic carbocycles. The van der Waals surface area contributed by atoms with Crippen LogP contribution in [0.4, 0.5) is 5.69 Å². The summed E-state index contributed by atoms with van der Waals surface area (Å²) in [5.74, 6) is -2.60. The van der Waals surface area contributed by atoms with Gasteiger partial charge in [-0.15, -0.1) is 0 Å². The number of carbonyl (C=O) groups excluding carboxylic acids is 3. The largest absolute Gasteiger partial charge is 0.487 e. The molecule has 0 saturated carbocycles. The highest BCUT2D eigenvalue weighted by Gasteiger charge is 2.41. The van der Waals surface area contributed by atoms with Gasteiger partial charge in [0.05, 0.1) is 41.8 Å². The number of H-pyrrole nitrogens is 1. The Labute approximate surface area is 270 Å². The molecule has 1 aromatic heterocycles. The number of hydrogen-bond donors (Lipinski definition) is 3. The fraction of sp³-hybridized carbons (Fsp3) is 0.312. The summed E-state index contributed by atoms with van der Waals surface area (Å²) >= 11 is 4.81. The van der Waals surface area contributed by atoms with E-state index in [-0.39, 0.29) is 71.7 Å². The van der Waals surface area contributed by atoms with Crippen LogP contribution in [0.25, 0.3) is 0 Å². The Hall–Kier alpha value is -5.11. The van der Waals surface area contributed by atoms with Crippen molar-refractivity contribution in [3.8, 4) is 5.75 Å². The maximum Gasteiger partial charge on any atom is 0.356 e. The van der Waals surface area contributed by atoms with Gasteiger partial charge in [-0.25, -0.2) is 19.4 Å². The third-order valence-electron chi connectivity index (χ3n) is 6.93. The standard InChI is InChI=1S/C32H34N4O9S/c1-5-42-30(37)23-18(4)33-27(25(31(38)43-6-2)24(23)19-12-11-13-20(16-19)36(40)41)28(46)29-34-22(26(35-29)32(39)44-7-3)17-45-21-14-9-8-10-15-21/h8-16,24,28,33,46H,5-7,17H2,1-4H3,(H,34,35). The Morgan fingerprint density at radius 1 is 0.935 bits per heavy atom. The molecular weight excluding hydrogens is 616 g/mol. The summed E-state index contributed by atoms with van der Waals surface area (Å²) in [5, 5.41) is 13.8. The van der Waals surface area contributed by atoms with Crippen molar-refractivity contribution in [1.29, 1.82) is 0 Å². The fourth-order valence-corrected chi connectivity index (χ4v) is 5.30. The number of benzene rings is 2. The van der Waals surface area contributed by atoms with Crippen LogP contribution in [0.1, 0.15) is 66.4 Å². The molecule has 0 saturated heterocycles. The average Bonchev–Trinajstić information content (AvgIpc) is 3.48. The molecule has 1 aliphatic heterocycles. The summed E-state index contributed by atoms with van der Waals surface area (Å²) < 4.78 is 21.8. The minimum atomic E-state index is -1.13. The lowest BCUT2D eigenvalue weighted by molar-refractivity contribution is -0.384. The van der Waals surface area contributed by atoms with E-state index in [4.69, 9.17) is 31.6 Å². The predicted octanol–water partition coefficient (Wildman–Crippen LogP) is 5.09. The summed E-state index contributed by atoms with van der Waals surface area (Å²) in [6.07, 6.45) is 0. The van der Waals surface area contributed by atoms with Crippen molar-refractivity contribution >= 4 is 36.2 Å². The molecule has 242 valence electrons. The van der Waals surface area contributed by atoms with E-state index in [1.165, 1.54) is 18.2 Å².